The molecule has 0 aliphatic heterocycles. The average molecular weight is 331 g/mol. The van der Waals surface area contributed by atoms with Crippen LogP contribution in [0.2, 0.25) is 0 Å². The van der Waals surface area contributed by atoms with Crippen LogP contribution in [0, 0.1) is 0 Å². The third-order valence-corrected chi connectivity index (χ3v) is 4.46. The van der Waals surface area contributed by atoms with Gasteiger partial charge < -0.3 is 19.2 Å². The molecule has 0 spiro atoms. The number of rotatable bonds is 5. The van der Waals surface area contributed by atoms with Gasteiger partial charge in [0.1, 0.15) is 0 Å². The van der Waals surface area contributed by atoms with Gasteiger partial charge in [0.25, 0.3) is 0 Å². The number of benzene rings is 2. The zero-order chi connectivity index (χ0) is 16.4. The standard InChI is InChI=1S/C17H17NO4S/c1-20-13-7-11(8-14(21-2)16(13)22-3)6-10-4-5-12-15(9-10)23-17(19)18-12/h4-5,7-9H,6H2,1-3H3,(H,18,19). The highest BCUT2D eigenvalue weighted by Gasteiger charge is 2.13. The van der Waals surface area contributed by atoms with Crippen molar-refractivity contribution in [2.75, 3.05) is 21.3 Å². The summed E-state index contributed by atoms with van der Waals surface area (Å²) in [7, 11) is 4.79. The van der Waals surface area contributed by atoms with Crippen molar-refractivity contribution < 1.29 is 14.2 Å². The lowest BCUT2D eigenvalue weighted by Gasteiger charge is -2.14. The molecule has 1 heterocycles. The van der Waals surface area contributed by atoms with E-state index in [9.17, 15) is 4.79 Å². The zero-order valence-corrected chi connectivity index (χ0v) is 14.0. The quantitative estimate of drug-likeness (QED) is 0.780. The molecule has 5 nitrogen and oxygen atoms in total. The van der Waals surface area contributed by atoms with E-state index in [1.807, 2.05) is 30.3 Å². The highest BCUT2D eigenvalue weighted by molar-refractivity contribution is 7.16. The number of thiazole rings is 1. The molecule has 6 heteroatoms. The molecule has 3 aromatic rings. The smallest absolute Gasteiger partial charge is 0.305 e. The summed E-state index contributed by atoms with van der Waals surface area (Å²) in [6, 6.07) is 9.84. The molecule has 3 rings (SSSR count). The van der Waals surface area contributed by atoms with Crippen LogP contribution in [-0.4, -0.2) is 26.3 Å². The van der Waals surface area contributed by atoms with Gasteiger partial charge in [-0.05, 0) is 41.8 Å². The lowest BCUT2D eigenvalue weighted by atomic mass is 10.0. The van der Waals surface area contributed by atoms with Gasteiger partial charge in [-0.25, -0.2) is 0 Å². The summed E-state index contributed by atoms with van der Waals surface area (Å²) < 4.78 is 17.1. The van der Waals surface area contributed by atoms with Crippen LogP contribution < -0.4 is 19.1 Å². The first kappa shape index (κ1) is 15.4. The average Bonchev–Trinajstić information content (AvgIpc) is 2.93. The lowest BCUT2D eigenvalue weighted by molar-refractivity contribution is 0.324. The van der Waals surface area contributed by atoms with Crippen LogP contribution in [0.4, 0.5) is 0 Å². The molecule has 0 aliphatic carbocycles. The Hall–Kier alpha value is -2.47. The van der Waals surface area contributed by atoms with Gasteiger partial charge in [-0.15, -0.1) is 0 Å². The maximum atomic E-state index is 11.4. The molecule has 0 aliphatic rings. The largest absolute Gasteiger partial charge is 0.493 e. The van der Waals surface area contributed by atoms with Gasteiger partial charge in [0.2, 0.25) is 5.75 Å². The van der Waals surface area contributed by atoms with Crippen LogP contribution in [0.5, 0.6) is 17.2 Å². The van der Waals surface area contributed by atoms with Crippen LogP contribution >= 0.6 is 11.3 Å². The van der Waals surface area contributed by atoms with Crippen molar-refractivity contribution in [2.24, 2.45) is 0 Å². The van der Waals surface area contributed by atoms with Crippen LogP contribution in [0.15, 0.2) is 35.1 Å². The first-order valence-electron chi connectivity index (χ1n) is 7.05. The number of fused-ring (bicyclic) bond motifs is 1. The summed E-state index contributed by atoms with van der Waals surface area (Å²) >= 11 is 1.22. The van der Waals surface area contributed by atoms with Crippen molar-refractivity contribution >= 4 is 21.6 Å². The van der Waals surface area contributed by atoms with Crippen molar-refractivity contribution in [1.29, 1.82) is 0 Å². The van der Waals surface area contributed by atoms with E-state index in [0.717, 1.165) is 21.3 Å². The number of methoxy groups -OCH3 is 3. The summed E-state index contributed by atoms with van der Waals surface area (Å²) in [6.07, 6.45) is 0.707. The van der Waals surface area contributed by atoms with Gasteiger partial charge >= 0.3 is 4.87 Å². The molecule has 0 atom stereocenters. The number of nitrogens with one attached hydrogen (secondary N) is 1. The van der Waals surface area contributed by atoms with Gasteiger partial charge in [-0.2, -0.15) is 0 Å². The highest BCUT2D eigenvalue weighted by Crippen LogP contribution is 2.38. The van der Waals surface area contributed by atoms with E-state index in [-0.39, 0.29) is 4.87 Å². The Morgan fingerprint density at radius 3 is 2.26 bits per heavy atom. The van der Waals surface area contributed by atoms with Gasteiger partial charge in [-0.1, -0.05) is 17.4 Å². The maximum Gasteiger partial charge on any atom is 0.305 e. The predicted molar refractivity (Wildman–Crippen MR) is 91.3 cm³/mol. The van der Waals surface area contributed by atoms with E-state index >= 15 is 0 Å². The molecule has 0 radical (unpaired) electrons. The van der Waals surface area contributed by atoms with Crippen LogP contribution in [0.3, 0.4) is 0 Å². The second kappa shape index (κ2) is 6.34. The number of H-pyrrole nitrogens is 1. The van der Waals surface area contributed by atoms with Crippen molar-refractivity contribution in [3.8, 4) is 17.2 Å². The Morgan fingerprint density at radius 1 is 0.957 bits per heavy atom. The van der Waals surface area contributed by atoms with E-state index in [0.29, 0.717) is 23.7 Å². The monoisotopic (exact) mass is 331 g/mol. The summed E-state index contributed by atoms with van der Waals surface area (Å²) in [5.41, 5.74) is 3.03. The zero-order valence-electron chi connectivity index (χ0n) is 13.1. The minimum Gasteiger partial charge on any atom is -0.493 e. The Bertz CT molecular complexity index is 872. The molecule has 0 fully saturated rings. The molecule has 23 heavy (non-hydrogen) atoms. The summed E-state index contributed by atoms with van der Waals surface area (Å²) in [5, 5.41) is 0. The van der Waals surface area contributed by atoms with Crippen molar-refractivity contribution in [2.45, 2.75) is 6.42 Å². The molecule has 120 valence electrons. The molecule has 0 saturated carbocycles. The molecule has 2 aromatic carbocycles. The Kier molecular flexibility index (Phi) is 4.25. The van der Waals surface area contributed by atoms with E-state index in [2.05, 4.69) is 4.98 Å². The molecule has 0 amide bonds. The number of hydrogen-bond donors (Lipinski definition) is 1. The SMILES string of the molecule is COc1cc(Cc2ccc3[nH]c(=O)sc3c2)cc(OC)c1OC. The van der Waals surface area contributed by atoms with Crippen molar-refractivity contribution in [3.63, 3.8) is 0 Å². The minimum atomic E-state index is -0.0371. The van der Waals surface area contributed by atoms with Gasteiger partial charge in [-0.3, -0.25) is 4.79 Å². The lowest BCUT2D eigenvalue weighted by Crippen LogP contribution is -1.97. The molecule has 1 aromatic heterocycles. The summed E-state index contributed by atoms with van der Waals surface area (Å²) in [6.45, 7) is 0. The van der Waals surface area contributed by atoms with E-state index in [4.69, 9.17) is 14.2 Å². The predicted octanol–water partition coefficient (Wildman–Crippen LogP) is 3.21. The first-order chi connectivity index (χ1) is 11.1. The Labute approximate surface area is 137 Å². The van der Waals surface area contributed by atoms with Crippen LogP contribution in [0.1, 0.15) is 11.1 Å². The highest BCUT2D eigenvalue weighted by atomic mass is 32.1. The molecule has 0 bridgehead atoms. The Morgan fingerprint density at radius 2 is 1.65 bits per heavy atom. The van der Waals surface area contributed by atoms with Gasteiger partial charge in [0, 0.05) is 0 Å². The fraction of sp³-hybridized carbons (Fsp3) is 0.235. The molecule has 0 saturated heterocycles. The normalized spacial score (nSPS) is 10.7. The molecular weight excluding hydrogens is 314 g/mol. The number of hydrogen-bond acceptors (Lipinski definition) is 5. The van der Waals surface area contributed by atoms with E-state index < -0.39 is 0 Å². The van der Waals surface area contributed by atoms with Crippen molar-refractivity contribution in [1.82, 2.24) is 4.98 Å². The summed E-state index contributed by atoms with van der Waals surface area (Å²) in [5.74, 6) is 1.85. The third-order valence-electron chi connectivity index (χ3n) is 3.62. The molecular formula is C17H17NO4S. The second-order valence-electron chi connectivity index (χ2n) is 5.06. The second-order valence-corrected chi connectivity index (χ2v) is 6.07. The third kappa shape index (κ3) is 3.03. The number of aromatic amines is 1. The number of aromatic nitrogens is 1. The Balaban J connectivity index is 1.98. The van der Waals surface area contributed by atoms with Crippen LogP contribution in [0.25, 0.3) is 10.2 Å². The van der Waals surface area contributed by atoms with Gasteiger partial charge in [0.05, 0.1) is 31.5 Å². The molecule has 1 N–H and O–H groups in total. The molecule has 0 unspecified atom stereocenters. The fourth-order valence-electron chi connectivity index (χ4n) is 2.57. The maximum absolute atomic E-state index is 11.4. The number of ether oxygens (including phenoxy) is 3. The minimum absolute atomic E-state index is 0.0371. The van der Waals surface area contributed by atoms with E-state index in [1.54, 1.807) is 21.3 Å². The summed E-state index contributed by atoms with van der Waals surface area (Å²) in [4.78, 5) is 14.2. The van der Waals surface area contributed by atoms with E-state index in [1.165, 1.54) is 11.3 Å². The van der Waals surface area contributed by atoms with Crippen molar-refractivity contribution in [3.05, 3.63) is 51.1 Å². The first-order valence-corrected chi connectivity index (χ1v) is 7.87. The topological polar surface area (TPSA) is 60.6 Å². The fourth-order valence-corrected chi connectivity index (χ4v) is 3.37. The van der Waals surface area contributed by atoms with Crippen LogP contribution in [-0.2, 0) is 6.42 Å². The van der Waals surface area contributed by atoms with Gasteiger partial charge in [0.15, 0.2) is 11.5 Å².